The first-order valence-corrected chi connectivity index (χ1v) is 12.9. The lowest BCUT2D eigenvalue weighted by Crippen LogP contribution is -2.38. The molecular formula is C28H34F3N5O2. The van der Waals surface area contributed by atoms with Crippen LogP contribution in [0.5, 0.6) is 5.75 Å². The zero-order valence-corrected chi connectivity index (χ0v) is 21.6. The van der Waals surface area contributed by atoms with Gasteiger partial charge in [-0.1, -0.05) is 18.2 Å². The van der Waals surface area contributed by atoms with Crippen LogP contribution in [0, 0.1) is 0 Å². The number of likely N-dealkylation sites (N-methyl/N-ethyl adjacent to an activating group) is 1. The molecule has 0 amide bonds. The van der Waals surface area contributed by atoms with Crippen molar-refractivity contribution < 1.29 is 22.6 Å². The van der Waals surface area contributed by atoms with Crippen LogP contribution in [0.4, 0.5) is 13.2 Å². The number of rotatable bonds is 11. The molecule has 0 atom stereocenters. The fourth-order valence-corrected chi connectivity index (χ4v) is 4.20. The summed E-state index contributed by atoms with van der Waals surface area (Å²) in [5.74, 6) is 1.45. The second-order valence-electron chi connectivity index (χ2n) is 9.05. The standard InChI is InChI=1S/C28H34F3N5O2/c1-2-32-26(33-18-21-7-9-23(10-8-21)28(29,30)31)6-4-3-5-22-19-34-27-25(22)17-24(20-35-27)38-16-13-36-11-14-37-15-12-36/h4,6-10,17,19-20H,2-3,5,11-16,18H2,1H3,(H,32,33)(H,34,35)/b6-4-. The van der Waals surface area contributed by atoms with Gasteiger partial charge in [0.15, 0.2) is 0 Å². The van der Waals surface area contributed by atoms with Crippen LogP contribution in [0.2, 0.25) is 0 Å². The van der Waals surface area contributed by atoms with Crippen LogP contribution in [0.25, 0.3) is 11.0 Å². The quantitative estimate of drug-likeness (QED) is 0.271. The average Bonchev–Trinajstić information content (AvgIpc) is 3.32. The van der Waals surface area contributed by atoms with E-state index in [1.54, 1.807) is 6.20 Å². The fourth-order valence-electron chi connectivity index (χ4n) is 4.20. The number of morpholine rings is 1. The number of aliphatic imine (C=N–C) groups is 1. The van der Waals surface area contributed by atoms with E-state index in [0.29, 0.717) is 25.5 Å². The van der Waals surface area contributed by atoms with Crippen LogP contribution >= 0.6 is 0 Å². The van der Waals surface area contributed by atoms with Crippen LogP contribution in [0.15, 0.2) is 59.9 Å². The Kier molecular flexibility index (Phi) is 9.78. The first-order chi connectivity index (χ1) is 18.4. The van der Waals surface area contributed by atoms with Crippen molar-refractivity contribution >= 4 is 16.9 Å². The summed E-state index contributed by atoms with van der Waals surface area (Å²) >= 11 is 0. The summed E-state index contributed by atoms with van der Waals surface area (Å²) in [6.45, 7) is 7.85. The lowest BCUT2D eigenvalue weighted by atomic mass is 10.1. The number of aromatic nitrogens is 2. The maximum Gasteiger partial charge on any atom is 0.416 e. The molecule has 0 radical (unpaired) electrons. The van der Waals surface area contributed by atoms with Gasteiger partial charge in [0.25, 0.3) is 0 Å². The number of pyridine rings is 1. The van der Waals surface area contributed by atoms with Gasteiger partial charge in [0.1, 0.15) is 23.8 Å². The highest BCUT2D eigenvalue weighted by atomic mass is 19.4. The smallest absolute Gasteiger partial charge is 0.416 e. The molecule has 0 bridgehead atoms. The van der Waals surface area contributed by atoms with Crippen molar-refractivity contribution in [2.24, 2.45) is 4.99 Å². The summed E-state index contributed by atoms with van der Waals surface area (Å²) in [4.78, 5) is 14.6. The minimum atomic E-state index is -4.34. The Bertz CT molecular complexity index is 1220. The van der Waals surface area contributed by atoms with Gasteiger partial charge >= 0.3 is 6.18 Å². The third-order valence-corrected chi connectivity index (χ3v) is 6.30. The predicted octanol–water partition coefficient (Wildman–Crippen LogP) is 4.99. The molecule has 2 N–H and O–H groups in total. The molecule has 0 spiro atoms. The van der Waals surface area contributed by atoms with E-state index in [9.17, 15) is 13.2 Å². The lowest BCUT2D eigenvalue weighted by Gasteiger charge is -2.26. The molecule has 38 heavy (non-hydrogen) atoms. The Morgan fingerprint density at radius 1 is 1.24 bits per heavy atom. The topological polar surface area (TPSA) is 74.8 Å². The average molecular weight is 530 g/mol. The Labute approximate surface area is 220 Å². The molecule has 1 saturated heterocycles. The molecule has 10 heteroatoms. The van der Waals surface area contributed by atoms with E-state index >= 15 is 0 Å². The van der Waals surface area contributed by atoms with E-state index < -0.39 is 11.7 Å². The summed E-state index contributed by atoms with van der Waals surface area (Å²) in [6.07, 6.45) is 4.96. The zero-order valence-electron chi connectivity index (χ0n) is 21.6. The number of aromatic amines is 1. The highest BCUT2D eigenvalue weighted by molar-refractivity contribution is 5.92. The van der Waals surface area contributed by atoms with Gasteiger partial charge in [-0.25, -0.2) is 4.98 Å². The maximum atomic E-state index is 12.8. The van der Waals surface area contributed by atoms with Crippen molar-refractivity contribution in [3.63, 3.8) is 0 Å². The third kappa shape index (κ3) is 8.06. The molecule has 1 aliphatic heterocycles. The molecule has 204 valence electrons. The summed E-state index contributed by atoms with van der Waals surface area (Å²) in [5, 5.41) is 4.25. The molecule has 4 rings (SSSR count). The van der Waals surface area contributed by atoms with E-state index in [-0.39, 0.29) is 0 Å². The number of hydrogen-bond acceptors (Lipinski definition) is 5. The number of alkyl halides is 3. The second-order valence-corrected chi connectivity index (χ2v) is 9.05. The summed E-state index contributed by atoms with van der Waals surface area (Å²) < 4.78 is 49.6. The molecule has 0 aliphatic carbocycles. The van der Waals surface area contributed by atoms with Crippen molar-refractivity contribution in [1.29, 1.82) is 0 Å². The van der Waals surface area contributed by atoms with Crippen LogP contribution < -0.4 is 10.1 Å². The Morgan fingerprint density at radius 3 is 2.76 bits per heavy atom. The number of allylic oxidation sites excluding steroid dienone is 1. The van der Waals surface area contributed by atoms with Gasteiger partial charge in [0, 0.05) is 37.8 Å². The van der Waals surface area contributed by atoms with Crippen LogP contribution in [-0.4, -0.2) is 66.7 Å². The minimum Gasteiger partial charge on any atom is -0.491 e. The molecule has 3 aromatic rings. The van der Waals surface area contributed by atoms with Gasteiger partial charge in [-0.15, -0.1) is 0 Å². The van der Waals surface area contributed by atoms with Crippen molar-refractivity contribution in [3.05, 3.63) is 71.6 Å². The molecule has 1 fully saturated rings. The van der Waals surface area contributed by atoms with Crippen molar-refractivity contribution in [3.8, 4) is 5.75 Å². The number of H-pyrrole nitrogens is 1. The Morgan fingerprint density at radius 2 is 2.03 bits per heavy atom. The van der Waals surface area contributed by atoms with Crippen molar-refractivity contribution in [2.75, 3.05) is 46.0 Å². The number of amidine groups is 1. The van der Waals surface area contributed by atoms with E-state index in [0.717, 1.165) is 85.7 Å². The van der Waals surface area contributed by atoms with Gasteiger partial charge in [-0.2, -0.15) is 13.2 Å². The first kappa shape index (κ1) is 27.7. The number of aryl methyl sites for hydroxylation is 1. The number of nitrogens with one attached hydrogen (secondary N) is 2. The molecule has 1 aromatic carbocycles. The zero-order chi connectivity index (χ0) is 26.8. The van der Waals surface area contributed by atoms with E-state index in [1.165, 1.54) is 12.1 Å². The SMILES string of the molecule is CCNC(/C=C\CCc1c[nH]c2ncc(OCCN3CCOCC3)cc12)=NCc1ccc(C(F)(F)F)cc1. The van der Waals surface area contributed by atoms with Gasteiger partial charge in [-0.05, 0) is 55.2 Å². The van der Waals surface area contributed by atoms with Gasteiger partial charge in [0.2, 0.25) is 0 Å². The predicted molar refractivity (Wildman–Crippen MR) is 143 cm³/mol. The van der Waals surface area contributed by atoms with Crippen LogP contribution in [0.3, 0.4) is 0 Å². The Balaban J connectivity index is 1.30. The van der Waals surface area contributed by atoms with Crippen LogP contribution in [-0.2, 0) is 23.9 Å². The summed E-state index contributed by atoms with van der Waals surface area (Å²) in [7, 11) is 0. The highest BCUT2D eigenvalue weighted by Crippen LogP contribution is 2.29. The molecule has 0 saturated carbocycles. The summed E-state index contributed by atoms with van der Waals surface area (Å²) in [5.41, 5.74) is 2.05. The molecule has 0 unspecified atom stereocenters. The number of benzene rings is 1. The molecule has 3 heterocycles. The molecule has 1 aliphatic rings. The molecule has 2 aromatic heterocycles. The van der Waals surface area contributed by atoms with Gasteiger partial charge in [-0.3, -0.25) is 9.89 Å². The maximum absolute atomic E-state index is 12.8. The normalized spacial score (nSPS) is 15.4. The monoisotopic (exact) mass is 529 g/mol. The largest absolute Gasteiger partial charge is 0.491 e. The second kappa shape index (κ2) is 13.4. The van der Waals surface area contributed by atoms with E-state index in [2.05, 4.69) is 25.2 Å². The molecular weight excluding hydrogens is 495 g/mol. The third-order valence-electron chi connectivity index (χ3n) is 6.30. The van der Waals surface area contributed by atoms with E-state index in [4.69, 9.17) is 9.47 Å². The van der Waals surface area contributed by atoms with E-state index in [1.807, 2.05) is 31.3 Å². The minimum absolute atomic E-state index is 0.299. The number of nitrogens with zero attached hydrogens (tertiary/aromatic N) is 3. The first-order valence-electron chi connectivity index (χ1n) is 12.9. The van der Waals surface area contributed by atoms with Crippen molar-refractivity contribution in [2.45, 2.75) is 32.5 Å². The molecule has 7 nitrogen and oxygen atoms in total. The number of halogens is 3. The van der Waals surface area contributed by atoms with Crippen LogP contribution in [0.1, 0.15) is 30.0 Å². The highest BCUT2D eigenvalue weighted by Gasteiger charge is 2.29. The fraction of sp³-hybridized carbons (Fsp3) is 0.429. The van der Waals surface area contributed by atoms with Gasteiger partial charge in [0.05, 0.1) is 31.5 Å². The van der Waals surface area contributed by atoms with Crippen molar-refractivity contribution in [1.82, 2.24) is 20.2 Å². The number of hydrogen-bond donors (Lipinski definition) is 2. The number of ether oxygens (including phenoxy) is 2. The van der Waals surface area contributed by atoms with Gasteiger partial charge < -0.3 is 19.8 Å². The summed E-state index contributed by atoms with van der Waals surface area (Å²) in [6, 6.07) is 7.14. The lowest BCUT2D eigenvalue weighted by molar-refractivity contribution is -0.137. The number of fused-ring (bicyclic) bond motifs is 1. The Hall–Kier alpha value is -3.37.